The van der Waals surface area contributed by atoms with Crippen LogP contribution in [-0.4, -0.2) is 24.5 Å². The molecule has 0 aliphatic carbocycles. The average molecular weight is 530 g/mol. The number of rotatable bonds is 8. The van der Waals surface area contributed by atoms with Crippen LogP contribution in [0.1, 0.15) is 48.7 Å². The van der Waals surface area contributed by atoms with Crippen molar-refractivity contribution >= 4 is 35.8 Å². The van der Waals surface area contributed by atoms with Gasteiger partial charge in [-0.2, -0.15) is 0 Å². The second kappa shape index (κ2) is 13.1. The largest absolute Gasteiger partial charge is 0.357 e. The Morgan fingerprint density at radius 1 is 1.07 bits per heavy atom. The molecule has 3 N–H and O–H groups in total. The Kier molecular flexibility index (Phi) is 11.3. The fourth-order valence-electron chi connectivity index (χ4n) is 2.54. The first-order valence-corrected chi connectivity index (χ1v) is 9.78. The minimum Gasteiger partial charge on any atom is -0.357 e. The fourth-order valence-corrected chi connectivity index (χ4v) is 2.54. The minimum atomic E-state index is -0.484. The molecule has 0 radical (unpaired) electrons. The molecule has 1 amide bonds. The summed E-state index contributed by atoms with van der Waals surface area (Å²) in [6.07, 6.45) is 0.873. The molecule has 2 rings (SSSR count). The number of carbonyl (C=O) groups excluding carboxylic acids is 1. The van der Waals surface area contributed by atoms with Crippen molar-refractivity contribution in [3.05, 3.63) is 70.8 Å². The quantitative estimate of drug-likeness (QED) is 0.270. The van der Waals surface area contributed by atoms with E-state index < -0.39 is 11.6 Å². The first-order valence-electron chi connectivity index (χ1n) is 9.78. The number of nitrogens with one attached hydrogen (secondary N) is 3. The standard InChI is InChI=1S/C22H28F2N4O.HI/c1-4-15(3)28-21(29)17-8-6-16(7-9-17)13-26-22(25-5-2)27-14-18-12-19(23)10-11-20(18)24;/h6-12,15H,4-5,13-14H2,1-3H3,(H,28,29)(H2,25,26,27);1H. The SMILES string of the molecule is CCNC(=NCc1ccc(C(=O)NC(C)CC)cc1)NCc1cc(F)ccc1F.I. The Bertz CT molecular complexity index is 844. The Labute approximate surface area is 193 Å². The molecule has 2 aromatic rings. The van der Waals surface area contributed by atoms with Crippen LogP contribution in [0.25, 0.3) is 0 Å². The van der Waals surface area contributed by atoms with Gasteiger partial charge in [-0.15, -0.1) is 24.0 Å². The summed E-state index contributed by atoms with van der Waals surface area (Å²) < 4.78 is 27.1. The van der Waals surface area contributed by atoms with Gasteiger partial charge in [-0.25, -0.2) is 13.8 Å². The first kappa shape index (κ1) is 25.8. The smallest absolute Gasteiger partial charge is 0.251 e. The van der Waals surface area contributed by atoms with Gasteiger partial charge in [0.1, 0.15) is 11.6 Å². The molecule has 0 spiro atoms. The minimum absolute atomic E-state index is 0. The Morgan fingerprint density at radius 2 is 1.77 bits per heavy atom. The van der Waals surface area contributed by atoms with Crippen molar-refractivity contribution in [3.63, 3.8) is 0 Å². The Morgan fingerprint density at radius 3 is 2.40 bits per heavy atom. The van der Waals surface area contributed by atoms with Gasteiger partial charge in [0.15, 0.2) is 5.96 Å². The van der Waals surface area contributed by atoms with Gasteiger partial charge in [-0.05, 0) is 56.2 Å². The molecule has 8 heteroatoms. The molecule has 1 atom stereocenters. The second-order valence-corrected chi connectivity index (χ2v) is 6.76. The van der Waals surface area contributed by atoms with Crippen LogP contribution in [0.4, 0.5) is 8.78 Å². The predicted octanol–water partition coefficient (Wildman–Crippen LogP) is 4.37. The maximum absolute atomic E-state index is 13.8. The topological polar surface area (TPSA) is 65.5 Å². The van der Waals surface area contributed by atoms with Crippen molar-refractivity contribution in [2.24, 2.45) is 4.99 Å². The van der Waals surface area contributed by atoms with Gasteiger partial charge in [0.25, 0.3) is 5.91 Å². The summed E-state index contributed by atoms with van der Waals surface area (Å²) in [6, 6.07) is 10.7. The number of amides is 1. The van der Waals surface area contributed by atoms with E-state index in [4.69, 9.17) is 0 Å². The highest BCUT2D eigenvalue weighted by Crippen LogP contribution is 2.10. The average Bonchev–Trinajstić information content (AvgIpc) is 2.72. The van der Waals surface area contributed by atoms with E-state index in [-0.39, 0.29) is 48.0 Å². The number of hydrogen-bond acceptors (Lipinski definition) is 2. The van der Waals surface area contributed by atoms with E-state index in [9.17, 15) is 13.6 Å². The zero-order chi connectivity index (χ0) is 21.2. The number of benzene rings is 2. The van der Waals surface area contributed by atoms with Crippen LogP contribution in [0.2, 0.25) is 0 Å². The summed E-state index contributed by atoms with van der Waals surface area (Å²) >= 11 is 0. The lowest BCUT2D eigenvalue weighted by molar-refractivity contribution is 0.0939. The zero-order valence-electron chi connectivity index (χ0n) is 17.5. The number of nitrogens with zero attached hydrogens (tertiary/aromatic N) is 1. The van der Waals surface area contributed by atoms with Crippen molar-refractivity contribution in [2.75, 3.05) is 6.54 Å². The van der Waals surface area contributed by atoms with Gasteiger partial charge in [0.2, 0.25) is 0 Å². The molecule has 0 aliphatic rings. The van der Waals surface area contributed by atoms with Gasteiger partial charge >= 0.3 is 0 Å². The van der Waals surface area contributed by atoms with E-state index in [1.807, 2.05) is 32.9 Å². The number of halogens is 3. The normalized spacial score (nSPS) is 12.0. The van der Waals surface area contributed by atoms with Crippen molar-refractivity contribution in [1.29, 1.82) is 0 Å². The van der Waals surface area contributed by atoms with Gasteiger partial charge in [-0.3, -0.25) is 4.79 Å². The third-order valence-corrected chi connectivity index (χ3v) is 4.42. The molecule has 164 valence electrons. The van der Waals surface area contributed by atoms with Gasteiger partial charge in [0.05, 0.1) is 6.54 Å². The van der Waals surface area contributed by atoms with Crippen LogP contribution < -0.4 is 16.0 Å². The molecule has 0 heterocycles. The summed E-state index contributed by atoms with van der Waals surface area (Å²) in [6.45, 7) is 7.03. The molecule has 2 aromatic carbocycles. The van der Waals surface area contributed by atoms with Crippen LogP contribution in [0.3, 0.4) is 0 Å². The third kappa shape index (κ3) is 8.25. The number of guanidine groups is 1. The zero-order valence-corrected chi connectivity index (χ0v) is 19.8. The van der Waals surface area contributed by atoms with Gasteiger partial charge < -0.3 is 16.0 Å². The summed E-state index contributed by atoms with van der Waals surface area (Å²) in [7, 11) is 0. The summed E-state index contributed by atoms with van der Waals surface area (Å²) in [4.78, 5) is 16.6. The van der Waals surface area contributed by atoms with Crippen LogP contribution in [0.15, 0.2) is 47.5 Å². The Hall–Kier alpha value is -2.23. The molecule has 1 unspecified atom stereocenters. The van der Waals surface area contributed by atoms with E-state index >= 15 is 0 Å². The maximum Gasteiger partial charge on any atom is 0.251 e. The predicted molar refractivity (Wildman–Crippen MR) is 127 cm³/mol. The van der Waals surface area contributed by atoms with Gasteiger partial charge in [-0.1, -0.05) is 19.1 Å². The van der Waals surface area contributed by atoms with E-state index in [0.717, 1.165) is 30.2 Å². The second-order valence-electron chi connectivity index (χ2n) is 6.76. The molecule has 0 bridgehead atoms. The number of carbonyl (C=O) groups is 1. The third-order valence-electron chi connectivity index (χ3n) is 4.42. The van der Waals surface area contributed by atoms with E-state index in [1.165, 1.54) is 0 Å². The lowest BCUT2D eigenvalue weighted by Gasteiger charge is -2.12. The summed E-state index contributed by atoms with van der Waals surface area (Å²) in [5.41, 5.74) is 1.76. The molecule has 0 fully saturated rings. The van der Waals surface area contributed by atoms with Crippen LogP contribution >= 0.6 is 24.0 Å². The lowest BCUT2D eigenvalue weighted by Crippen LogP contribution is -2.37. The van der Waals surface area contributed by atoms with Gasteiger partial charge in [0, 0.05) is 30.3 Å². The summed E-state index contributed by atoms with van der Waals surface area (Å²) in [5, 5.41) is 9.00. The van der Waals surface area contributed by atoms with Crippen LogP contribution in [-0.2, 0) is 13.1 Å². The fraction of sp³-hybridized carbons (Fsp3) is 0.364. The number of hydrogen-bond donors (Lipinski definition) is 3. The van der Waals surface area contributed by atoms with Crippen LogP contribution in [0.5, 0.6) is 0 Å². The molecular weight excluding hydrogens is 501 g/mol. The van der Waals surface area contributed by atoms with E-state index in [0.29, 0.717) is 24.6 Å². The molecule has 0 saturated heterocycles. The highest BCUT2D eigenvalue weighted by Gasteiger charge is 2.08. The maximum atomic E-state index is 13.8. The van der Waals surface area contributed by atoms with Crippen molar-refractivity contribution in [1.82, 2.24) is 16.0 Å². The van der Waals surface area contributed by atoms with Crippen molar-refractivity contribution < 1.29 is 13.6 Å². The lowest BCUT2D eigenvalue weighted by atomic mass is 10.1. The first-order chi connectivity index (χ1) is 13.9. The van der Waals surface area contributed by atoms with Crippen molar-refractivity contribution in [3.8, 4) is 0 Å². The van der Waals surface area contributed by atoms with E-state index in [2.05, 4.69) is 20.9 Å². The molecule has 5 nitrogen and oxygen atoms in total. The molecule has 0 saturated carbocycles. The number of aliphatic imine (C=N–C) groups is 1. The van der Waals surface area contributed by atoms with Crippen LogP contribution in [0, 0.1) is 11.6 Å². The molecule has 0 aromatic heterocycles. The Balaban J connectivity index is 0.00000450. The molecular formula is C22H29F2IN4O. The van der Waals surface area contributed by atoms with E-state index in [1.54, 1.807) is 12.1 Å². The highest BCUT2D eigenvalue weighted by molar-refractivity contribution is 14.0. The van der Waals surface area contributed by atoms with Crippen molar-refractivity contribution in [2.45, 2.75) is 46.3 Å². The summed E-state index contributed by atoms with van der Waals surface area (Å²) in [5.74, 6) is -0.556. The highest BCUT2D eigenvalue weighted by atomic mass is 127. The molecule has 0 aliphatic heterocycles. The monoisotopic (exact) mass is 530 g/mol. The molecule has 30 heavy (non-hydrogen) atoms.